The van der Waals surface area contributed by atoms with E-state index in [1.54, 1.807) is 0 Å². The van der Waals surface area contributed by atoms with Gasteiger partial charge in [-0.2, -0.15) is 0 Å². The molecule has 0 saturated heterocycles. The molecule has 0 fully saturated rings. The lowest BCUT2D eigenvalue weighted by Gasteiger charge is -2.22. The molecule has 3 amide bonds. The summed E-state index contributed by atoms with van der Waals surface area (Å²) in [6.07, 6.45) is -0.785. The van der Waals surface area contributed by atoms with E-state index in [-0.39, 0.29) is 6.42 Å². The molecule has 9 N–H and O–H groups in total. The minimum atomic E-state index is -1.57. The normalized spacial score (nSPS) is 15.0. The molecule has 0 aliphatic carbocycles. The van der Waals surface area contributed by atoms with Gasteiger partial charge >= 0.3 is 11.9 Å². The van der Waals surface area contributed by atoms with E-state index in [0.29, 0.717) is 0 Å². The van der Waals surface area contributed by atoms with E-state index in [1.165, 1.54) is 6.92 Å². The monoisotopic (exact) mass is 392 g/mol. The Bertz CT molecular complexity index is 569. The lowest BCUT2D eigenvalue weighted by atomic mass is 10.1. The van der Waals surface area contributed by atoms with Gasteiger partial charge in [-0.25, -0.2) is 4.79 Å². The van der Waals surface area contributed by atoms with Crippen molar-refractivity contribution in [3.05, 3.63) is 0 Å². The fourth-order valence-electron chi connectivity index (χ4n) is 1.76. The molecule has 0 heterocycles. The van der Waals surface area contributed by atoms with Gasteiger partial charge in [-0.15, -0.1) is 0 Å². The van der Waals surface area contributed by atoms with Crippen molar-refractivity contribution in [3.63, 3.8) is 0 Å². The number of amides is 3. The smallest absolute Gasteiger partial charge is 0.328 e. The number of hydrogen-bond acceptors (Lipinski definition) is 8. The summed E-state index contributed by atoms with van der Waals surface area (Å²) in [7, 11) is 0. The highest BCUT2D eigenvalue weighted by molar-refractivity contribution is 5.94. The third kappa shape index (κ3) is 8.94. The summed E-state index contributed by atoms with van der Waals surface area (Å²) in [5, 5.41) is 41.6. The van der Waals surface area contributed by atoms with Crippen LogP contribution in [0.25, 0.3) is 0 Å². The number of carboxylic acid groups (broad SMARTS) is 2. The van der Waals surface area contributed by atoms with Gasteiger partial charge in [-0.05, 0) is 13.3 Å². The quantitative estimate of drug-likeness (QED) is 0.159. The van der Waals surface area contributed by atoms with Crippen molar-refractivity contribution in [3.8, 4) is 0 Å². The molecule has 4 unspecified atom stereocenters. The molecule has 154 valence electrons. The third-order valence-electron chi connectivity index (χ3n) is 3.36. The van der Waals surface area contributed by atoms with Crippen LogP contribution in [0.2, 0.25) is 0 Å². The van der Waals surface area contributed by atoms with Crippen LogP contribution < -0.4 is 21.7 Å². The first kappa shape index (κ1) is 24.2. The Balaban J connectivity index is 4.98. The number of hydrogen-bond donors (Lipinski definition) is 8. The van der Waals surface area contributed by atoms with Crippen LogP contribution in [0.3, 0.4) is 0 Å². The molecule has 0 aliphatic heterocycles. The molecule has 13 heteroatoms. The van der Waals surface area contributed by atoms with Crippen molar-refractivity contribution in [2.24, 2.45) is 5.73 Å². The maximum atomic E-state index is 12.2. The highest BCUT2D eigenvalue weighted by atomic mass is 16.4. The van der Waals surface area contributed by atoms with Crippen LogP contribution in [0, 0.1) is 0 Å². The number of aliphatic carboxylic acids is 2. The number of nitrogens with one attached hydrogen (secondary N) is 3. The summed E-state index contributed by atoms with van der Waals surface area (Å²) in [5.74, 6) is -5.43. The largest absolute Gasteiger partial charge is 0.481 e. The summed E-state index contributed by atoms with van der Waals surface area (Å²) >= 11 is 0. The van der Waals surface area contributed by atoms with E-state index in [0.717, 1.165) is 0 Å². The Kier molecular flexibility index (Phi) is 10.6. The van der Waals surface area contributed by atoms with Crippen LogP contribution in [-0.4, -0.2) is 87.5 Å². The lowest BCUT2D eigenvalue weighted by molar-refractivity contribution is -0.143. The van der Waals surface area contributed by atoms with Crippen molar-refractivity contribution in [1.82, 2.24) is 16.0 Å². The summed E-state index contributed by atoms with van der Waals surface area (Å²) in [6, 6.07) is -5.50. The maximum Gasteiger partial charge on any atom is 0.328 e. The lowest BCUT2D eigenvalue weighted by Crippen LogP contribution is -2.57. The van der Waals surface area contributed by atoms with Crippen LogP contribution in [0.5, 0.6) is 0 Å². The van der Waals surface area contributed by atoms with Gasteiger partial charge in [0.25, 0.3) is 0 Å². The van der Waals surface area contributed by atoms with Crippen molar-refractivity contribution >= 4 is 29.7 Å². The van der Waals surface area contributed by atoms with Crippen molar-refractivity contribution in [2.75, 3.05) is 13.2 Å². The van der Waals surface area contributed by atoms with Gasteiger partial charge in [0.2, 0.25) is 17.7 Å². The van der Waals surface area contributed by atoms with Crippen molar-refractivity contribution in [2.45, 2.75) is 43.9 Å². The molecule has 0 saturated carbocycles. The van der Waals surface area contributed by atoms with E-state index in [1.807, 2.05) is 5.32 Å². The zero-order chi connectivity index (χ0) is 21.1. The molecule has 27 heavy (non-hydrogen) atoms. The average Bonchev–Trinajstić information content (AvgIpc) is 2.60. The molecule has 0 aliphatic rings. The number of carbonyl (C=O) groups is 5. The van der Waals surface area contributed by atoms with Gasteiger partial charge < -0.3 is 42.1 Å². The fraction of sp³-hybridized carbons (Fsp3) is 0.643. The van der Waals surface area contributed by atoms with Crippen molar-refractivity contribution < 1.29 is 44.4 Å². The standard InChI is InChI=1S/C14H24N4O9/c1-6(11(23)18-9(5-20)14(26)27)16-13(25)8(2-3-10(21)22)17-12(24)7(15)4-19/h6-9,19-20H,2-5,15H2,1H3,(H,16,25)(H,17,24)(H,18,23)(H,21,22)(H,26,27). The van der Waals surface area contributed by atoms with Crippen LogP contribution in [0.4, 0.5) is 0 Å². The molecular weight excluding hydrogens is 368 g/mol. The second kappa shape index (κ2) is 11.8. The average molecular weight is 392 g/mol. The predicted molar refractivity (Wildman–Crippen MR) is 88.1 cm³/mol. The van der Waals surface area contributed by atoms with E-state index >= 15 is 0 Å². The molecule has 0 aromatic rings. The number of rotatable bonds is 12. The minimum absolute atomic E-state index is 0.312. The topological polar surface area (TPSA) is 228 Å². The number of nitrogens with two attached hydrogens (primary N) is 1. The summed E-state index contributed by atoms with van der Waals surface area (Å²) in [6.45, 7) is -0.340. The van der Waals surface area contributed by atoms with E-state index in [4.69, 9.17) is 26.2 Å². The number of aliphatic hydroxyl groups excluding tert-OH is 2. The molecule has 13 nitrogen and oxygen atoms in total. The summed E-state index contributed by atoms with van der Waals surface area (Å²) in [4.78, 5) is 57.3. The number of aliphatic hydroxyl groups is 2. The van der Waals surface area contributed by atoms with Gasteiger partial charge in [0.15, 0.2) is 0 Å². The predicted octanol–water partition coefficient (Wildman–Crippen LogP) is -4.28. The van der Waals surface area contributed by atoms with Gasteiger partial charge in [0, 0.05) is 6.42 Å². The third-order valence-corrected chi connectivity index (χ3v) is 3.36. The molecule has 4 atom stereocenters. The van der Waals surface area contributed by atoms with E-state index in [2.05, 4.69) is 10.6 Å². The highest BCUT2D eigenvalue weighted by Crippen LogP contribution is 2.00. The van der Waals surface area contributed by atoms with Crippen molar-refractivity contribution in [1.29, 1.82) is 0 Å². The zero-order valence-electron chi connectivity index (χ0n) is 14.5. The number of carboxylic acids is 2. The Hall–Kier alpha value is -2.77. The molecule has 0 aromatic heterocycles. The van der Waals surface area contributed by atoms with Gasteiger partial charge in [0.05, 0.1) is 13.2 Å². The Labute approximate surface area is 153 Å². The zero-order valence-corrected chi connectivity index (χ0v) is 14.5. The summed E-state index contributed by atoms with van der Waals surface area (Å²) < 4.78 is 0. The van der Waals surface area contributed by atoms with Crippen LogP contribution in [0.1, 0.15) is 19.8 Å². The second-order valence-electron chi connectivity index (χ2n) is 5.59. The minimum Gasteiger partial charge on any atom is -0.481 e. The molecule has 0 bridgehead atoms. The van der Waals surface area contributed by atoms with Crippen LogP contribution >= 0.6 is 0 Å². The molecular formula is C14H24N4O9. The summed E-state index contributed by atoms with van der Waals surface area (Å²) in [5.41, 5.74) is 5.32. The molecule has 0 aromatic carbocycles. The first-order valence-corrected chi connectivity index (χ1v) is 7.86. The number of carbonyl (C=O) groups excluding carboxylic acids is 3. The van der Waals surface area contributed by atoms with Gasteiger partial charge in [-0.1, -0.05) is 0 Å². The van der Waals surface area contributed by atoms with Gasteiger partial charge in [-0.3, -0.25) is 19.2 Å². The Morgan fingerprint density at radius 1 is 0.852 bits per heavy atom. The maximum absolute atomic E-state index is 12.2. The first-order chi connectivity index (χ1) is 12.5. The first-order valence-electron chi connectivity index (χ1n) is 7.86. The van der Waals surface area contributed by atoms with Gasteiger partial charge in [0.1, 0.15) is 24.2 Å². The molecule has 0 radical (unpaired) electrons. The van der Waals surface area contributed by atoms with Crippen LogP contribution in [0.15, 0.2) is 0 Å². The molecule has 0 rings (SSSR count). The van der Waals surface area contributed by atoms with E-state index < -0.39 is 73.5 Å². The SMILES string of the molecule is CC(NC(=O)C(CCC(=O)O)NC(=O)C(N)CO)C(=O)NC(CO)C(=O)O. The highest BCUT2D eigenvalue weighted by Gasteiger charge is 2.28. The Morgan fingerprint density at radius 2 is 1.41 bits per heavy atom. The molecule has 0 spiro atoms. The second-order valence-corrected chi connectivity index (χ2v) is 5.59. The van der Waals surface area contributed by atoms with Crippen LogP contribution in [-0.2, 0) is 24.0 Å². The Morgan fingerprint density at radius 3 is 1.85 bits per heavy atom. The van der Waals surface area contributed by atoms with E-state index in [9.17, 15) is 24.0 Å². The fourth-order valence-corrected chi connectivity index (χ4v) is 1.76.